The van der Waals surface area contributed by atoms with Crippen LogP contribution in [-0.4, -0.2) is 66.7 Å². The van der Waals surface area contributed by atoms with Crippen LogP contribution in [0.15, 0.2) is 23.1 Å². The smallest absolute Gasteiger partial charge is 0.289 e. The number of rotatable bonds is 5. The number of nitrogens with one attached hydrogen (secondary N) is 1. The van der Waals surface area contributed by atoms with Crippen molar-refractivity contribution in [2.75, 3.05) is 25.4 Å². The number of carbonyl (C=O) groups is 3. The van der Waals surface area contributed by atoms with Crippen molar-refractivity contribution < 1.29 is 27.2 Å². The highest BCUT2D eigenvalue weighted by Crippen LogP contribution is 2.26. The average Bonchev–Trinajstić information content (AvgIpc) is 3.21. The Morgan fingerprint density at radius 2 is 2.11 bits per heavy atom. The maximum atomic E-state index is 13.2. The summed E-state index contributed by atoms with van der Waals surface area (Å²) in [7, 11) is -4.04. The molecule has 2 aliphatic heterocycles. The molecule has 3 rings (SSSR count). The van der Waals surface area contributed by atoms with Crippen LogP contribution in [-0.2, 0) is 19.6 Å². The first-order valence-corrected chi connectivity index (χ1v) is 10.7. The standard InChI is InChI=1S/C15H15ClFN3O5S2/c16-11-5-10(1-2-12(11)17)27(24,25)18-6-13(21)19-4-3-9(7-19)20-14(22)8-26-15(20)23/h1-2,5,9,18H,3-4,6-8H2. The van der Waals surface area contributed by atoms with Crippen LogP contribution in [0.3, 0.4) is 0 Å². The van der Waals surface area contributed by atoms with E-state index in [9.17, 15) is 27.2 Å². The lowest BCUT2D eigenvalue weighted by Crippen LogP contribution is -2.43. The highest BCUT2D eigenvalue weighted by molar-refractivity contribution is 8.14. The van der Waals surface area contributed by atoms with Gasteiger partial charge in [-0.05, 0) is 24.6 Å². The third-order valence-electron chi connectivity index (χ3n) is 4.28. The summed E-state index contributed by atoms with van der Waals surface area (Å²) in [4.78, 5) is 38.1. The predicted octanol–water partition coefficient (Wildman–Crippen LogP) is 1.05. The Labute approximate surface area is 164 Å². The van der Waals surface area contributed by atoms with Crippen LogP contribution in [0.1, 0.15) is 6.42 Å². The molecule has 8 nitrogen and oxygen atoms in total. The van der Waals surface area contributed by atoms with Gasteiger partial charge in [0, 0.05) is 13.1 Å². The molecule has 2 heterocycles. The first-order valence-electron chi connectivity index (χ1n) is 7.90. The molecule has 2 saturated heterocycles. The van der Waals surface area contributed by atoms with Gasteiger partial charge in [0.2, 0.25) is 21.8 Å². The van der Waals surface area contributed by atoms with Crippen molar-refractivity contribution in [3.8, 4) is 0 Å². The monoisotopic (exact) mass is 435 g/mol. The van der Waals surface area contributed by atoms with Gasteiger partial charge in [-0.1, -0.05) is 23.4 Å². The van der Waals surface area contributed by atoms with Crippen LogP contribution in [0, 0.1) is 5.82 Å². The highest BCUT2D eigenvalue weighted by Gasteiger charge is 2.40. The second-order valence-corrected chi connectivity index (χ2v) is 9.10. The number of thioether (sulfide) groups is 1. The third-order valence-corrected chi connectivity index (χ3v) is 6.80. The fraction of sp³-hybridized carbons (Fsp3) is 0.400. The maximum Gasteiger partial charge on any atom is 0.289 e. The van der Waals surface area contributed by atoms with Crippen LogP contribution in [0.5, 0.6) is 0 Å². The molecule has 0 radical (unpaired) electrons. The van der Waals surface area contributed by atoms with Gasteiger partial charge in [-0.3, -0.25) is 19.3 Å². The van der Waals surface area contributed by atoms with Gasteiger partial charge in [0.1, 0.15) is 5.82 Å². The lowest BCUT2D eigenvalue weighted by molar-refractivity contribution is -0.130. The van der Waals surface area contributed by atoms with Gasteiger partial charge >= 0.3 is 0 Å². The Morgan fingerprint density at radius 1 is 1.37 bits per heavy atom. The molecule has 2 fully saturated rings. The van der Waals surface area contributed by atoms with E-state index in [1.54, 1.807) is 0 Å². The minimum Gasteiger partial charge on any atom is -0.339 e. The Hall–Kier alpha value is -1.69. The van der Waals surface area contributed by atoms with E-state index in [1.807, 2.05) is 0 Å². The Balaban J connectivity index is 1.59. The highest BCUT2D eigenvalue weighted by atomic mass is 35.5. The Morgan fingerprint density at radius 3 is 2.74 bits per heavy atom. The SMILES string of the molecule is O=C(CNS(=O)(=O)c1ccc(F)c(Cl)c1)N1CCC(N2C(=O)CSC2=O)C1. The summed E-state index contributed by atoms with van der Waals surface area (Å²) in [6.45, 7) is -0.0169. The number of sulfonamides is 1. The minimum absolute atomic E-state index is 0.101. The average molecular weight is 436 g/mol. The summed E-state index contributed by atoms with van der Waals surface area (Å²) in [6, 6.07) is 2.53. The molecule has 3 amide bonds. The van der Waals surface area contributed by atoms with Crippen molar-refractivity contribution in [3.63, 3.8) is 0 Å². The molecule has 0 bridgehead atoms. The minimum atomic E-state index is -4.04. The zero-order valence-electron chi connectivity index (χ0n) is 13.9. The molecule has 1 aromatic carbocycles. The Kier molecular flexibility index (Phi) is 5.75. The van der Waals surface area contributed by atoms with Crippen molar-refractivity contribution in [3.05, 3.63) is 29.0 Å². The quantitative estimate of drug-likeness (QED) is 0.741. The summed E-state index contributed by atoms with van der Waals surface area (Å²) in [5.41, 5.74) is 0. The van der Waals surface area contributed by atoms with Crippen molar-refractivity contribution >= 4 is 50.4 Å². The molecule has 0 aliphatic carbocycles. The second-order valence-electron chi connectivity index (χ2n) is 6.00. The summed E-state index contributed by atoms with van der Waals surface area (Å²) < 4.78 is 39.7. The van der Waals surface area contributed by atoms with E-state index in [0.717, 1.165) is 30.0 Å². The molecule has 0 aromatic heterocycles. The molecule has 1 atom stereocenters. The lowest BCUT2D eigenvalue weighted by Gasteiger charge is -2.22. The number of halogens is 2. The second kappa shape index (κ2) is 7.74. The molecular formula is C15H15ClFN3O5S2. The van der Waals surface area contributed by atoms with Crippen LogP contribution >= 0.6 is 23.4 Å². The fourth-order valence-corrected chi connectivity index (χ4v) is 4.91. The fourth-order valence-electron chi connectivity index (χ4n) is 2.89. The van der Waals surface area contributed by atoms with E-state index in [-0.39, 0.29) is 33.4 Å². The van der Waals surface area contributed by atoms with E-state index < -0.39 is 34.3 Å². The molecule has 1 aromatic rings. The summed E-state index contributed by atoms with van der Waals surface area (Å²) in [5, 5.41) is -0.669. The van der Waals surface area contributed by atoms with Crippen LogP contribution in [0.2, 0.25) is 5.02 Å². The largest absolute Gasteiger partial charge is 0.339 e. The first kappa shape index (κ1) is 20.1. The third kappa shape index (κ3) is 4.26. The molecular weight excluding hydrogens is 421 g/mol. The van der Waals surface area contributed by atoms with Gasteiger partial charge in [-0.2, -0.15) is 0 Å². The molecule has 146 valence electrons. The number of amides is 3. The number of nitrogens with zero attached hydrogens (tertiary/aromatic N) is 2. The number of benzene rings is 1. The van der Waals surface area contributed by atoms with Crippen molar-refractivity contribution in [2.45, 2.75) is 17.4 Å². The zero-order chi connectivity index (χ0) is 19.8. The predicted molar refractivity (Wildman–Crippen MR) is 96.3 cm³/mol. The zero-order valence-corrected chi connectivity index (χ0v) is 16.2. The normalized spacial score (nSPS) is 20.6. The van der Waals surface area contributed by atoms with E-state index in [4.69, 9.17) is 11.6 Å². The van der Waals surface area contributed by atoms with Gasteiger partial charge in [0.15, 0.2) is 0 Å². The van der Waals surface area contributed by atoms with Gasteiger partial charge in [-0.15, -0.1) is 0 Å². The molecule has 1 unspecified atom stereocenters. The van der Waals surface area contributed by atoms with Crippen molar-refractivity contribution in [1.29, 1.82) is 0 Å². The van der Waals surface area contributed by atoms with Crippen LogP contribution < -0.4 is 4.72 Å². The van der Waals surface area contributed by atoms with Gasteiger partial charge in [0.25, 0.3) is 5.24 Å². The van der Waals surface area contributed by atoms with E-state index in [0.29, 0.717) is 13.0 Å². The number of hydrogen-bond acceptors (Lipinski definition) is 6. The number of imide groups is 1. The number of likely N-dealkylation sites (tertiary alicyclic amines) is 1. The van der Waals surface area contributed by atoms with Gasteiger partial charge in [-0.25, -0.2) is 17.5 Å². The van der Waals surface area contributed by atoms with Gasteiger partial charge < -0.3 is 4.90 Å². The van der Waals surface area contributed by atoms with Crippen molar-refractivity contribution in [2.24, 2.45) is 0 Å². The molecule has 0 saturated carbocycles. The van der Waals surface area contributed by atoms with Crippen LogP contribution in [0.25, 0.3) is 0 Å². The topological polar surface area (TPSA) is 104 Å². The first-order chi connectivity index (χ1) is 12.7. The Bertz CT molecular complexity index is 895. The maximum absolute atomic E-state index is 13.2. The van der Waals surface area contributed by atoms with E-state index >= 15 is 0 Å². The molecule has 0 spiro atoms. The molecule has 27 heavy (non-hydrogen) atoms. The molecule has 12 heteroatoms. The van der Waals surface area contributed by atoms with E-state index in [2.05, 4.69) is 4.72 Å². The lowest BCUT2D eigenvalue weighted by atomic mass is 10.2. The van der Waals surface area contributed by atoms with Crippen LogP contribution in [0.4, 0.5) is 9.18 Å². The summed E-state index contributed by atoms with van der Waals surface area (Å²) in [6.07, 6.45) is 0.449. The molecule has 2 aliphatic rings. The number of hydrogen-bond donors (Lipinski definition) is 1. The van der Waals surface area contributed by atoms with Crippen molar-refractivity contribution in [1.82, 2.24) is 14.5 Å². The summed E-state index contributed by atoms with van der Waals surface area (Å²) >= 11 is 6.51. The number of carbonyl (C=O) groups excluding carboxylic acids is 3. The van der Waals surface area contributed by atoms with Gasteiger partial charge in [0.05, 0.1) is 28.3 Å². The van der Waals surface area contributed by atoms with E-state index in [1.165, 1.54) is 9.80 Å². The summed E-state index contributed by atoms with van der Waals surface area (Å²) in [5.74, 6) is -1.42. The molecule has 1 N–H and O–H groups in total.